The molecule has 0 unspecified atom stereocenters. The smallest absolute Gasteiger partial charge is 0.255 e. The Bertz CT molecular complexity index is 743. The summed E-state index contributed by atoms with van der Waals surface area (Å²) in [6.45, 7) is 0. The average Bonchev–Trinajstić information content (AvgIpc) is 2.58. The van der Waals surface area contributed by atoms with Gasteiger partial charge in [-0.2, -0.15) is 0 Å². The van der Waals surface area contributed by atoms with E-state index in [9.17, 15) is 4.79 Å². The predicted octanol–water partition coefficient (Wildman–Crippen LogP) is 4.49. The molecule has 0 saturated heterocycles. The lowest BCUT2D eigenvalue weighted by Crippen LogP contribution is -2.11. The van der Waals surface area contributed by atoms with Crippen LogP contribution in [0.1, 0.15) is 10.4 Å². The van der Waals surface area contributed by atoms with E-state index in [4.69, 9.17) is 0 Å². The second kappa shape index (κ2) is 6.91. The largest absolute Gasteiger partial charge is 0.322 e. The maximum Gasteiger partial charge on any atom is 0.255 e. The molecule has 2 aromatic carbocycles. The van der Waals surface area contributed by atoms with E-state index in [-0.39, 0.29) is 5.91 Å². The van der Waals surface area contributed by atoms with Gasteiger partial charge in [0.2, 0.25) is 0 Å². The summed E-state index contributed by atoms with van der Waals surface area (Å²) in [5, 5.41) is 2.89. The molecule has 0 aliphatic heterocycles. The molecular weight excluding hydrogens is 292 g/mol. The van der Waals surface area contributed by atoms with Crippen LogP contribution in [0.4, 0.5) is 5.69 Å². The highest BCUT2D eigenvalue weighted by Crippen LogP contribution is 2.27. The maximum atomic E-state index is 12.1. The van der Waals surface area contributed by atoms with Crippen molar-refractivity contribution in [2.24, 2.45) is 0 Å². The van der Waals surface area contributed by atoms with E-state index in [0.717, 1.165) is 15.5 Å². The molecule has 0 aliphatic carbocycles. The number of benzene rings is 2. The number of nitrogens with zero attached hydrogens (tertiary/aromatic N) is 1. The minimum Gasteiger partial charge on any atom is -0.322 e. The number of pyridine rings is 1. The van der Waals surface area contributed by atoms with Gasteiger partial charge in [0.15, 0.2) is 0 Å². The quantitative estimate of drug-likeness (QED) is 0.772. The number of hydrogen-bond donors (Lipinski definition) is 1. The zero-order valence-corrected chi connectivity index (χ0v) is 12.6. The van der Waals surface area contributed by atoms with Gasteiger partial charge in [0.25, 0.3) is 5.91 Å². The van der Waals surface area contributed by atoms with Crippen LogP contribution in [0.2, 0.25) is 0 Å². The first-order valence-corrected chi connectivity index (χ1v) is 7.67. The Morgan fingerprint density at radius 2 is 1.45 bits per heavy atom. The summed E-state index contributed by atoms with van der Waals surface area (Å²) in [5.74, 6) is -0.102. The lowest BCUT2D eigenvalue weighted by molar-refractivity contribution is 0.102. The monoisotopic (exact) mass is 306 g/mol. The first kappa shape index (κ1) is 14.4. The van der Waals surface area contributed by atoms with Crippen molar-refractivity contribution in [3.63, 3.8) is 0 Å². The van der Waals surface area contributed by atoms with E-state index in [1.54, 1.807) is 36.3 Å². The number of carbonyl (C=O) groups excluding carboxylic acids is 1. The van der Waals surface area contributed by atoms with Gasteiger partial charge in [-0.15, -0.1) is 0 Å². The average molecular weight is 306 g/mol. The number of nitrogens with one attached hydrogen (secondary N) is 1. The van der Waals surface area contributed by atoms with Gasteiger partial charge in [-0.25, -0.2) is 0 Å². The fourth-order valence-electron chi connectivity index (χ4n) is 1.94. The Kier molecular flexibility index (Phi) is 4.51. The highest BCUT2D eigenvalue weighted by atomic mass is 32.2. The van der Waals surface area contributed by atoms with Crippen molar-refractivity contribution < 1.29 is 4.79 Å². The van der Waals surface area contributed by atoms with Crippen LogP contribution in [0.25, 0.3) is 0 Å². The van der Waals surface area contributed by atoms with Crippen LogP contribution >= 0.6 is 11.8 Å². The zero-order valence-electron chi connectivity index (χ0n) is 11.8. The second-order valence-electron chi connectivity index (χ2n) is 4.63. The lowest BCUT2D eigenvalue weighted by Gasteiger charge is -2.06. The summed E-state index contributed by atoms with van der Waals surface area (Å²) in [6.07, 6.45) is 3.55. The number of aromatic nitrogens is 1. The fraction of sp³-hybridized carbons (Fsp3) is 0. The molecule has 1 amide bonds. The van der Waals surface area contributed by atoms with Crippen LogP contribution in [0.5, 0.6) is 0 Å². The van der Waals surface area contributed by atoms with Crippen molar-refractivity contribution in [1.82, 2.24) is 4.98 Å². The summed E-state index contributed by atoms with van der Waals surface area (Å²) in [7, 11) is 0. The Morgan fingerprint density at radius 3 is 2.14 bits per heavy atom. The molecule has 1 heterocycles. The molecule has 3 nitrogen and oxygen atoms in total. The topological polar surface area (TPSA) is 42.0 Å². The molecule has 1 aromatic heterocycles. The van der Waals surface area contributed by atoms with Crippen LogP contribution in [0.15, 0.2) is 88.9 Å². The molecule has 3 aromatic rings. The molecule has 0 fully saturated rings. The van der Waals surface area contributed by atoms with Crippen molar-refractivity contribution in [2.45, 2.75) is 9.79 Å². The van der Waals surface area contributed by atoms with E-state index in [0.29, 0.717) is 5.56 Å². The summed E-state index contributed by atoms with van der Waals surface area (Å²) in [4.78, 5) is 18.3. The van der Waals surface area contributed by atoms with Gasteiger partial charge in [0.05, 0.1) is 0 Å². The van der Waals surface area contributed by atoms with Crippen molar-refractivity contribution in [3.05, 3.63) is 84.7 Å². The van der Waals surface area contributed by atoms with Crippen LogP contribution in [-0.4, -0.2) is 10.9 Å². The molecular formula is C18H14N2OS. The van der Waals surface area contributed by atoms with Gasteiger partial charge in [-0.05, 0) is 48.5 Å². The standard InChI is InChI=1S/C18H14N2OS/c21-18(14-4-2-1-3-5-14)20-15-6-8-16(9-7-15)22-17-10-12-19-13-11-17/h1-13H,(H,20,21). The number of rotatable bonds is 4. The first-order chi connectivity index (χ1) is 10.8. The number of carbonyl (C=O) groups is 1. The normalized spacial score (nSPS) is 10.2. The van der Waals surface area contributed by atoms with Crippen LogP contribution in [-0.2, 0) is 0 Å². The van der Waals surface area contributed by atoms with E-state index in [2.05, 4.69) is 10.3 Å². The van der Waals surface area contributed by atoms with Gasteiger partial charge < -0.3 is 5.32 Å². The number of anilines is 1. The molecule has 1 N–H and O–H groups in total. The Morgan fingerprint density at radius 1 is 0.818 bits per heavy atom. The third-order valence-electron chi connectivity index (χ3n) is 3.03. The SMILES string of the molecule is O=C(Nc1ccc(Sc2ccncc2)cc1)c1ccccc1. The molecule has 0 radical (unpaired) electrons. The second-order valence-corrected chi connectivity index (χ2v) is 5.78. The molecule has 4 heteroatoms. The summed E-state index contributed by atoms with van der Waals surface area (Å²) in [5.41, 5.74) is 1.44. The summed E-state index contributed by atoms with van der Waals surface area (Å²) < 4.78 is 0. The molecule has 0 spiro atoms. The number of amides is 1. The molecule has 0 atom stereocenters. The van der Waals surface area contributed by atoms with Gasteiger partial charge in [0, 0.05) is 33.4 Å². The van der Waals surface area contributed by atoms with Crippen LogP contribution in [0.3, 0.4) is 0 Å². The Hall–Kier alpha value is -2.59. The zero-order chi connectivity index (χ0) is 15.2. The molecule has 0 aliphatic rings. The van der Waals surface area contributed by atoms with E-state index in [1.165, 1.54) is 0 Å². The Balaban J connectivity index is 1.66. The summed E-state index contributed by atoms with van der Waals surface area (Å²) in [6, 6.07) is 20.9. The lowest BCUT2D eigenvalue weighted by atomic mass is 10.2. The third-order valence-corrected chi connectivity index (χ3v) is 4.05. The van der Waals surface area contributed by atoms with Crippen molar-refractivity contribution in [2.75, 3.05) is 5.32 Å². The third kappa shape index (κ3) is 3.74. The minimum absolute atomic E-state index is 0.102. The molecule has 3 rings (SSSR count). The highest BCUT2D eigenvalue weighted by Gasteiger charge is 2.05. The van der Waals surface area contributed by atoms with Gasteiger partial charge in [-0.3, -0.25) is 9.78 Å². The van der Waals surface area contributed by atoms with E-state index in [1.807, 2.05) is 54.6 Å². The Labute approximate surface area is 133 Å². The van der Waals surface area contributed by atoms with Crippen molar-refractivity contribution in [3.8, 4) is 0 Å². The van der Waals surface area contributed by atoms with Gasteiger partial charge >= 0.3 is 0 Å². The number of hydrogen-bond acceptors (Lipinski definition) is 3. The van der Waals surface area contributed by atoms with Crippen LogP contribution in [0, 0.1) is 0 Å². The molecule has 22 heavy (non-hydrogen) atoms. The summed E-state index contributed by atoms with van der Waals surface area (Å²) >= 11 is 1.66. The minimum atomic E-state index is -0.102. The van der Waals surface area contributed by atoms with Gasteiger partial charge in [0.1, 0.15) is 0 Å². The molecule has 0 saturated carbocycles. The highest BCUT2D eigenvalue weighted by molar-refractivity contribution is 7.99. The molecule has 108 valence electrons. The maximum absolute atomic E-state index is 12.1. The van der Waals surface area contributed by atoms with Crippen molar-refractivity contribution in [1.29, 1.82) is 0 Å². The van der Waals surface area contributed by atoms with E-state index >= 15 is 0 Å². The van der Waals surface area contributed by atoms with Crippen LogP contribution < -0.4 is 5.32 Å². The first-order valence-electron chi connectivity index (χ1n) is 6.85. The van der Waals surface area contributed by atoms with E-state index < -0.39 is 0 Å². The fourth-order valence-corrected chi connectivity index (χ4v) is 2.74. The van der Waals surface area contributed by atoms with Gasteiger partial charge in [-0.1, -0.05) is 30.0 Å². The molecule has 0 bridgehead atoms. The van der Waals surface area contributed by atoms with Crippen molar-refractivity contribution >= 4 is 23.4 Å². The predicted molar refractivity (Wildman–Crippen MR) is 89.2 cm³/mol.